The normalized spacial score (nSPS) is 18.0. The van der Waals surface area contributed by atoms with Gasteiger partial charge in [0.2, 0.25) is 5.91 Å². The highest BCUT2D eigenvalue weighted by atomic mass is 35.5. The third-order valence-electron chi connectivity index (χ3n) is 3.33. The molecule has 1 aromatic rings. The Kier molecular flexibility index (Phi) is 5.01. The number of anilines is 1. The smallest absolute Gasteiger partial charge is 0.235 e. The number of nitrogens with zero attached hydrogens (tertiary/aromatic N) is 2. The minimum atomic E-state index is -1.46. The van der Waals surface area contributed by atoms with Crippen molar-refractivity contribution >= 4 is 34.0 Å². The minimum absolute atomic E-state index is 0.0474. The molecular weight excluding hydrogens is 298 g/mol. The van der Waals surface area contributed by atoms with E-state index in [9.17, 15) is 9.00 Å². The van der Waals surface area contributed by atoms with Gasteiger partial charge in [-0.1, -0.05) is 11.6 Å². The number of piperazine rings is 1. The second kappa shape index (κ2) is 6.56. The molecule has 1 fully saturated rings. The summed E-state index contributed by atoms with van der Waals surface area (Å²) in [4.78, 5) is 16.5. The predicted octanol–water partition coefficient (Wildman–Crippen LogP) is 0.804. The maximum atomic E-state index is 12.2. The van der Waals surface area contributed by atoms with Crippen molar-refractivity contribution < 1.29 is 9.00 Å². The van der Waals surface area contributed by atoms with Crippen LogP contribution >= 0.6 is 11.6 Å². The molecule has 0 aliphatic carbocycles. The molecule has 0 radical (unpaired) electrons. The van der Waals surface area contributed by atoms with E-state index < -0.39 is 10.8 Å². The van der Waals surface area contributed by atoms with Crippen LogP contribution in [0.5, 0.6) is 0 Å². The van der Waals surface area contributed by atoms with Crippen molar-refractivity contribution in [2.45, 2.75) is 4.90 Å². The molecule has 1 atom stereocenters. The first-order chi connectivity index (χ1) is 9.47. The van der Waals surface area contributed by atoms with Gasteiger partial charge in [0.15, 0.2) is 0 Å². The maximum Gasteiger partial charge on any atom is 0.235 e. The summed E-state index contributed by atoms with van der Waals surface area (Å²) in [5, 5.41) is 0.467. The van der Waals surface area contributed by atoms with Gasteiger partial charge in [-0.25, -0.2) is 0 Å². The lowest BCUT2D eigenvalue weighted by molar-refractivity contribution is -0.129. The van der Waals surface area contributed by atoms with Crippen molar-refractivity contribution in [3.05, 3.63) is 23.2 Å². The summed E-state index contributed by atoms with van der Waals surface area (Å²) >= 11 is 5.87. The van der Waals surface area contributed by atoms with Gasteiger partial charge < -0.3 is 15.5 Å². The Morgan fingerprint density at radius 3 is 2.65 bits per heavy atom. The summed E-state index contributed by atoms with van der Waals surface area (Å²) in [5.41, 5.74) is 6.18. The van der Waals surface area contributed by atoms with E-state index in [0.29, 0.717) is 28.7 Å². The lowest BCUT2D eigenvalue weighted by Crippen LogP contribution is -2.48. The average Bonchev–Trinajstić information content (AvgIpc) is 2.42. The van der Waals surface area contributed by atoms with Gasteiger partial charge in [-0.15, -0.1) is 0 Å². The van der Waals surface area contributed by atoms with E-state index in [0.717, 1.165) is 13.1 Å². The van der Waals surface area contributed by atoms with Crippen LogP contribution < -0.4 is 5.73 Å². The van der Waals surface area contributed by atoms with Gasteiger partial charge in [-0.3, -0.25) is 9.00 Å². The van der Waals surface area contributed by atoms with Crippen LogP contribution in [-0.2, 0) is 15.6 Å². The Balaban J connectivity index is 2.00. The summed E-state index contributed by atoms with van der Waals surface area (Å²) in [6, 6.07) is 4.81. The molecule has 1 aliphatic rings. The quantitative estimate of drug-likeness (QED) is 0.838. The Labute approximate surface area is 126 Å². The van der Waals surface area contributed by atoms with Crippen molar-refractivity contribution in [3.63, 3.8) is 0 Å². The van der Waals surface area contributed by atoms with Gasteiger partial charge in [0.05, 0.1) is 15.7 Å². The molecule has 0 saturated carbocycles. The lowest BCUT2D eigenvalue weighted by atomic mass is 10.3. The lowest BCUT2D eigenvalue weighted by Gasteiger charge is -2.32. The van der Waals surface area contributed by atoms with Crippen molar-refractivity contribution in [2.75, 3.05) is 44.7 Å². The number of nitrogen functional groups attached to an aromatic ring is 1. The summed E-state index contributed by atoms with van der Waals surface area (Å²) in [6.07, 6.45) is 0. The highest BCUT2D eigenvalue weighted by molar-refractivity contribution is 7.86. The highest BCUT2D eigenvalue weighted by Gasteiger charge is 2.22. The molecule has 110 valence electrons. The van der Waals surface area contributed by atoms with Gasteiger partial charge in [0.25, 0.3) is 0 Å². The number of amides is 1. The molecule has 1 heterocycles. The number of nitrogens with two attached hydrogens (primary N) is 1. The van der Waals surface area contributed by atoms with Crippen LogP contribution in [0.4, 0.5) is 5.69 Å². The molecule has 2 rings (SSSR count). The third-order valence-corrected chi connectivity index (χ3v) is 4.92. The Hall–Kier alpha value is -1.11. The SMILES string of the molecule is CN1CCN(C(=O)CS(=O)c2cc(Cl)ccc2N)CC1. The monoisotopic (exact) mass is 315 g/mol. The van der Waals surface area contributed by atoms with E-state index in [4.69, 9.17) is 17.3 Å². The topological polar surface area (TPSA) is 66.6 Å². The molecule has 0 spiro atoms. The molecule has 1 saturated heterocycles. The molecule has 1 aromatic carbocycles. The molecule has 5 nitrogen and oxygen atoms in total. The molecule has 2 N–H and O–H groups in total. The molecule has 0 bridgehead atoms. The van der Waals surface area contributed by atoms with E-state index in [2.05, 4.69) is 4.90 Å². The van der Waals surface area contributed by atoms with Crippen LogP contribution in [0.25, 0.3) is 0 Å². The van der Waals surface area contributed by atoms with Crippen LogP contribution in [-0.4, -0.2) is 58.9 Å². The van der Waals surface area contributed by atoms with Crippen LogP contribution in [0.15, 0.2) is 23.1 Å². The minimum Gasteiger partial charge on any atom is -0.398 e. The number of benzene rings is 1. The average molecular weight is 316 g/mol. The molecule has 7 heteroatoms. The Bertz CT molecular complexity index is 530. The van der Waals surface area contributed by atoms with Gasteiger partial charge in [0, 0.05) is 36.9 Å². The van der Waals surface area contributed by atoms with Crippen molar-refractivity contribution in [1.82, 2.24) is 9.80 Å². The maximum absolute atomic E-state index is 12.2. The number of rotatable bonds is 3. The van der Waals surface area contributed by atoms with Crippen molar-refractivity contribution in [3.8, 4) is 0 Å². The zero-order valence-corrected chi connectivity index (χ0v) is 12.9. The first-order valence-electron chi connectivity index (χ1n) is 6.37. The molecule has 0 aromatic heterocycles. The molecular formula is C13H18ClN3O2S. The zero-order chi connectivity index (χ0) is 14.7. The van der Waals surface area contributed by atoms with Crippen molar-refractivity contribution in [2.24, 2.45) is 0 Å². The zero-order valence-electron chi connectivity index (χ0n) is 11.3. The largest absolute Gasteiger partial charge is 0.398 e. The van der Waals surface area contributed by atoms with Crippen LogP contribution in [0.2, 0.25) is 5.02 Å². The van der Waals surface area contributed by atoms with E-state index >= 15 is 0 Å². The number of hydrogen-bond acceptors (Lipinski definition) is 4. The third kappa shape index (κ3) is 3.71. The van der Waals surface area contributed by atoms with E-state index in [-0.39, 0.29) is 11.7 Å². The Morgan fingerprint density at radius 2 is 2.00 bits per heavy atom. The molecule has 1 unspecified atom stereocenters. The fourth-order valence-corrected chi connectivity index (χ4v) is 3.43. The van der Waals surface area contributed by atoms with Gasteiger partial charge in [0.1, 0.15) is 5.75 Å². The summed E-state index contributed by atoms with van der Waals surface area (Å²) in [7, 11) is 0.560. The molecule has 1 amide bonds. The second-order valence-electron chi connectivity index (χ2n) is 4.86. The van der Waals surface area contributed by atoms with E-state index in [1.54, 1.807) is 23.1 Å². The standard InChI is InChI=1S/C13H18ClN3O2S/c1-16-4-6-17(7-5-16)13(18)9-20(19)12-8-10(14)2-3-11(12)15/h2-3,8H,4-7,9,15H2,1H3. The fraction of sp³-hybridized carbons (Fsp3) is 0.462. The van der Waals surface area contributed by atoms with Crippen LogP contribution in [0, 0.1) is 0 Å². The van der Waals surface area contributed by atoms with E-state index in [1.807, 2.05) is 7.05 Å². The number of carbonyl (C=O) groups is 1. The number of hydrogen-bond donors (Lipinski definition) is 1. The number of halogens is 1. The summed E-state index contributed by atoms with van der Waals surface area (Å²) in [5.74, 6) is -0.148. The molecule has 1 aliphatic heterocycles. The highest BCUT2D eigenvalue weighted by Crippen LogP contribution is 2.21. The van der Waals surface area contributed by atoms with Crippen LogP contribution in [0.1, 0.15) is 0 Å². The first kappa shape index (κ1) is 15.3. The predicted molar refractivity (Wildman–Crippen MR) is 81.2 cm³/mol. The van der Waals surface area contributed by atoms with E-state index in [1.165, 1.54) is 0 Å². The molecule has 20 heavy (non-hydrogen) atoms. The summed E-state index contributed by atoms with van der Waals surface area (Å²) < 4.78 is 12.2. The Morgan fingerprint density at radius 1 is 1.35 bits per heavy atom. The van der Waals surface area contributed by atoms with Crippen molar-refractivity contribution in [1.29, 1.82) is 0 Å². The number of likely N-dealkylation sites (N-methyl/N-ethyl adjacent to an activating group) is 1. The number of carbonyl (C=O) groups excluding carboxylic acids is 1. The van der Waals surface area contributed by atoms with Gasteiger partial charge in [-0.2, -0.15) is 0 Å². The summed E-state index contributed by atoms with van der Waals surface area (Å²) in [6.45, 7) is 3.05. The fourth-order valence-electron chi connectivity index (χ4n) is 2.04. The van der Waals surface area contributed by atoms with Gasteiger partial charge in [-0.05, 0) is 25.2 Å². The first-order valence-corrected chi connectivity index (χ1v) is 8.07. The van der Waals surface area contributed by atoms with Gasteiger partial charge >= 0.3 is 0 Å². The van der Waals surface area contributed by atoms with Crippen LogP contribution in [0.3, 0.4) is 0 Å². The second-order valence-corrected chi connectivity index (χ2v) is 6.71.